The largest absolute Gasteiger partial charge is 0.389 e. The first-order valence-electron chi connectivity index (χ1n) is 6.50. The molecule has 1 aromatic carbocycles. The quantitative estimate of drug-likeness (QED) is 0.792. The van der Waals surface area contributed by atoms with Gasteiger partial charge in [-0.1, -0.05) is 25.1 Å². The van der Waals surface area contributed by atoms with Gasteiger partial charge in [0.15, 0.2) is 0 Å². The molecule has 0 radical (unpaired) electrons. The Balaban J connectivity index is 2.10. The number of hydrogen-bond donors (Lipinski definition) is 2. The Hall–Kier alpha value is -0.260. The average Bonchev–Trinajstić information content (AvgIpc) is 2.39. The number of benzene rings is 1. The van der Waals surface area contributed by atoms with Gasteiger partial charge in [-0.05, 0) is 53.2 Å². The molecule has 1 fully saturated rings. The van der Waals surface area contributed by atoms with Gasteiger partial charge in [0.2, 0.25) is 0 Å². The third-order valence-corrected chi connectivity index (χ3v) is 5.64. The van der Waals surface area contributed by atoms with E-state index in [9.17, 15) is 0 Å². The minimum Gasteiger partial charge on any atom is -0.389 e. The molecule has 0 heterocycles. The zero-order valence-electron chi connectivity index (χ0n) is 11.0. The molecule has 5 heteroatoms. The number of rotatable bonds is 4. The first kappa shape index (κ1) is 15.1. The molecule has 0 spiro atoms. The molecule has 1 aliphatic carbocycles. The van der Waals surface area contributed by atoms with Crippen molar-refractivity contribution in [1.82, 2.24) is 0 Å². The minimum atomic E-state index is 0.429. The van der Waals surface area contributed by atoms with E-state index in [2.05, 4.69) is 39.6 Å². The van der Waals surface area contributed by atoms with Gasteiger partial charge < -0.3 is 11.1 Å². The molecular formula is C14H19BrN2S2. The Kier molecular flexibility index (Phi) is 5.54. The fourth-order valence-electron chi connectivity index (χ4n) is 2.56. The number of halogens is 1. The van der Waals surface area contributed by atoms with E-state index in [0.717, 1.165) is 15.7 Å². The summed E-state index contributed by atoms with van der Waals surface area (Å²) in [5, 5.41) is 4.36. The highest BCUT2D eigenvalue weighted by Crippen LogP contribution is 2.30. The molecule has 0 saturated heterocycles. The summed E-state index contributed by atoms with van der Waals surface area (Å²) in [6.45, 7) is 0. The molecular weight excluding hydrogens is 340 g/mol. The van der Waals surface area contributed by atoms with E-state index in [-0.39, 0.29) is 0 Å². The predicted molar refractivity (Wildman–Crippen MR) is 93.2 cm³/mol. The summed E-state index contributed by atoms with van der Waals surface area (Å²) in [6, 6.07) is 6.67. The number of thioether (sulfide) groups is 1. The standard InChI is InChI=1S/C14H19BrN2S2/c1-19-13-5-3-2-4-12(13)17-9-6-7-10(14(16)18)11(15)8-9/h6-8,12-13,17H,2-5H2,1H3,(H2,16,18). The van der Waals surface area contributed by atoms with Gasteiger partial charge in [0.05, 0.1) is 0 Å². The van der Waals surface area contributed by atoms with Crippen LogP contribution in [0.2, 0.25) is 0 Å². The van der Waals surface area contributed by atoms with Crippen molar-refractivity contribution in [1.29, 1.82) is 0 Å². The van der Waals surface area contributed by atoms with Crippen LogP contribution in [0.5, 0.6) is 0 Å². The van der Waals surface area contributed by atoms with Gasteiger partial charge in [-0.3, -0.25) is 0 Å². The molecule has 104 valence electrons. The van der Waals surface area contributed by atoms with Crippen molar-refractivity contribution in [2.24, 2.45) is 5.73 Å². The minimum absolute atomic E-state index is 0.429. The highest BCUT2D eigenvalue weighted by molar-refractivity contribution is 9.10. The third-order valence-electron chi connectivity index (χ3n) is 3.59. The molecule has 1 aliphatic rings. The van der Waals surface area contributed by atoms with Gasteiger partial charge in [-0.2, -0.15) is 11.8 Å². The second-order valence-corrected chi connectivity index (χ2v) is 7.24. The lowest BCUT2D eigenvalue weighted by molar-refractivity contribution is 0.475. The molecule has 2 atom stereocenters. The van der Waals surface area contributed by atoms with Crippen molar-refractivity contribution < 1.29 is 0 Å². The Bertz CT molecular complexity index is 465. The fourth-order valence-corrected chi connectivity index (χ4v) is 4.40. The van der Waals surface area contributed by atoms with Crippen molar-refractivity contribution in [3.63, 3.8) is 0 Å². The Morgan fingerprint density at radius 3 is 2.79 bits per heavy atom. The van der Waals surface area contributed by atoms with Gasteiger partial charge >= 0.3 is 0 Å². The summed E-state index contributed by atoms with van der Waals surface area (Å²) in [6.07, 6.45) is 7.44. The van der Waals surface area contributed by atoms with Crippen molar-refractivity contribution in [2.45, 2.75) is 37.0 Å². The predicted octanol–water partition coefficient (Wildman–Crippen LogP) is 4.17. The van der Waals surface area contributed by atoms with Gasteiger partial charge in [0, 0.05) is 27.0 Å². The third kappa shape index (κ3) is 3.86. The van der Waals surface area contributed by atoms with E-state index in [1.807, 2.05) is 17.8 Å². The van der Waals surface area contributed by atoms with E-state index in [1.54, 1.807) is 0 Å². The lowest BCUT2D eigenvalue weighted by Crippen LogP contribution is -2.34. The molecule has 2 unspecified atom stereocenters. The van der Waals surface area contributed by atoms with Crippen LogP contribution in [0, 0.1) is 0 Å². The van der Waals surface area contributed by atoms with Gasteiger partial charge in [-0.25, -0.2) is 0 Å². The molecule has 1 saturated carbocycles. The average molecular weight is 359 g/mol. The van der Waals surface area contributed by atoms with Crippen LogP contribution in [0.4, 0.5) is 5.69 Å². The summed E-state index contributed by atoms with van der Waals surface area (Å²) >= 11 is 10.5. The lowest BCUT2D eigenvalue weighted by atomic mass is 9.94. The van der Waals surface area contributed by atoms with Crippen LogP contribution in [0.3, 0.4) is 0 Å². The second kappa shape index (κ2) is 6.95. The van der Waals surface area contributed by atoms with E-state index < -0.39 is 0 Å². The highest BCUT2D eigenvalue weighted by Gasteiger charge is 2.24. The van der Waals surface area contributed by atoms with Crippen molar-refractivity contribution in [3.05, 3.63) is 28.2 Å². The lowest BCUT2D eigenvalue weighted by Gasteiger charge is -2.31. The first-order valence-corrected chi connectivity index (χ1v) is 8.99. The first-order chi connectivity index (χ1) is 9.11. The smallest absolute Gasteiger partial charge is 0.105 e. The van der Waals surface area contributed by atoms with Crippen LogP contribution in [-0.4, -0.2) is 22.5 Å². The molecule has 1 aromatic rings. The maximum Gasteiger partial charge on any atom is 0.105 e. The zero-order chi connectivity index (χ0) is 13.8. The van der Waals surface area contributed by atoms with Crippen LogP contribution in [0.15, 0.2) is 22.7 Å². The van der Waals surface area contributed by atoms with Gasteiger partial charge in [-0.15, -0.1) is 0 Å². The number of thiocarbonyl (C=S) groups is 1. The summed E-state index contributed by atoms with van der Waals surface area (Å²) in [4.78, 5) is 0.429. The van der Waals surface area contributed by atoms with Gasteiger partial charge in [0.1, 0.15) is 4.99 Å². The van der Waals surface area contributed by atoms with Crippen molar-refractivity contribution in [3.8, 4) is 0 Å². The monoisotopic (exact) mass is 358 g/mol. The molecule has 0 aliphatic heterocycles. The van der Waals surface area contributed by atoms with Crippen LogP contribution in [-0.2, 0) is 0 Å². The molecule has 2 nitrogen and oxygen atoms in total. The van der Waals surface area contributed by atoms with E-state index in [0.29, 0.717) is 16.3 Å². The van der Waals surface area contributed by atoms with Gasteiger partial charge in [0.25, 0.3) is 0 Å². The number of anilines is 1. The maximum atomic E-state index is 5.67. The summed E-state index contributed by atoms with van der Waals surface area (Å²) in [7, 11) is 0. The Morgan fingerprint density at radius 1 is 1.42 bits per heavy atom. The zero-order valence-corrected chi connectivity index (χ0v) is 14.2. The Labute approximate surface area is 133 Å². The van der Waals surface area contributed by atoms with Crippen LogP contribution < -0.4 is 11.1 Å². The topological polar surface area (TPSA) is 38.0 Å². The SMILES string of the molecule is CSC1CCCCC1Nc1ccc(C(N)=S)c(Br)c1. The molecule has 0 amide bonds. The fraction of sp³-hybridized carbons (Fsp3) is 0.500. The molecule has 19 heavy (non-hydrogen) atoms. The number of nitrogens with one attached hydrogen (secondary N) is 1. The molecule has 2 rings (SSSR count). The van der Waals surface area contributed by atoms with Crippen LogP contribution in [0.25, 0.3) is 0 Å². The van der Waals surface area contributed by atoms with Crippen molar-refractivity contribution in [2.75, 3.05) is 11.6 Å². The number of nitrogens with two attached hydrogens (primary N) is 1. The summed E-state index contributed by atoms with van der Waals surface area (Å²) in [5.41, 5.74) is 7.70. The van der Waals surface area contributed by atoms with E-state index >= 15 is 0 Å². The molecule has 0 aromatic heterocycles. The number of hydrogen-bond acceptors (Lipinski definition) is 3. The highest BCUT2D eigenvalue weighted by atomic mass is 79.9. The van der Waals surface area contributed by atoms with Crippen molar-refractivity contribution >= 4 is 50.6 Å². The summed E-state index contributed by atoms with van der Waals surface area (Å²) in [5.74, 6) is 0. The summed E-state index contributed by atoms with van der Waals surface area (Å²) < 4.78 is 0.960. The van der Waals surface area contributed by atoms with E-state index in [4.69, 9.17) is 18.0 Å². The molecule has 3 N–H and O–H groups in total. The van der Waals surface area contributed by atoms with Crippen LogP contribution >= 0.6 is 39.9 Å². The Morgan fingerprint density at radius 2 is 2.16 bits per heavy atom. The second-order valence-electron chi connectivity index (χ2n) is 4.87. The molecule has 0 bridgehead atoms. The van der Waals surface area contributed by atoms with E-state index in [1.165, 1.54) is 25.7 Å². The maximum absolute atomic E-state index is 5.67. The normalized spacial score (nSPS) is 23.1. The van der Waals surface area contributed by atoms with Crippen LogP contribution in [0.1, 0.15) is 31.2 Å².